The molecule has 21 heavy (non-hydrogen) atoms. The van der Waals surface area contributed by atoms with Crippen LogP contribution in [0.15, 0.2) is 53.0 Å². The predicted octanol–water partition coefficient (Wildman–Crippen LogP) is 4.96. The van der Waals surface area contributed by atoms with Crippen LogP contribution in [0.5, 0.6) is 0 Å². The number of benzene rings is 2. The van der Waals surface area contributed by atoms with Gasteiger partial charge in [-0.15, -0.1) is 0 Å². The highest BCUT2D eigenvalue weighted by molar-refractivity contribution is 9.10. The van der Waals surface area contributed by atoms with Gasteiger partial charge in [0.05, 0.1) is 11.4 Å². The Morgan fingerprint density at radius 3 is 2.33 bits per heavy atom. The third kappa shape index (κ3) is 2.55. The van der Waals surface area contributed by atoms with Gasteiger partial charge in [-0.3, -0.25) is 10.0 Å². The minimum absolute atomic E-state index is 0.786. The van der Waals surface area contributed by atoms with E-state index in [-0.39, 0.29) is 0 Å². The first-order chi connectivity index (χ1) is 10.3. The third-order valence-electron chi connectivity index (χ3n) is 4.39. The predicted molar refractivity (Wildman–Crippen MR) is 91.9 cm³/mol. The van der Waals surface area contributed by atoms with Crippen molar-refractivity contribution < 1.29 is 0 Å². The number of rotatable bonds is 3. The van der Waals surface area contributed by atoms with Crippen molar-refractivity contribution in [1.82, 2.24) is 0 Å². The molecule has 1 saturated carbocycles. The molecule has 3 heteroatoms. The third-order valence-corrected chi connectivity index (χ3v) is 4.92. The Kier molecular flexibility index (Phi) is 3.38. The van der Waals surface area contributed by atoms with E-state index in [1.165, 1.54) is 36.2 Å². The van der Waals surface area contributed by atoms with Crippen LogP contribution in [-0.2, 0) is 0 Å². The Labute approximate surface area is 134 Å². The summed E-state index contributed by atoms with van der Waals surface area (Å²) in [7, 11) is 0. The maximum atomic E-state index is 3.52. The number of para-hydroxylation sites is 1. The minimum Gasteiger partial charge on any atom is -0.285 e. The first-order valence-corrected chi connectivity index (χ1v) is 8.52. The van der Waals surface area contributed by atoms with Crippen LogP contribution in [0.25, 0.3) is 0 Å². The van der Waals surface area contributed by atoms with E-state index in [0.29, 0.717) is 0 Å². The molecule has 1 heterocycles. The molecule has 0 unspecified atom stereocenters. The molecule has 0 radical (unpaired) electrons. The lowest BCUT2D eigenvalue weighted by Crippen LogP contribution is -2.37. The number of hydrogen-bond acceptors (Lipinski definition) is 2. The molecule has 1 saturated heterocycles. The van der Waals surface area contributed by atoms with Gasteiger partial charge in [-0.2, -0.15) is 0 Å². The summed E-state index contributed by atoms with van der Waals surface area (Å²) in [5, 5.41) is 4.89. The van der Waals surface area contributed by atoms with E-state index in [9.17, 15) is 0 Å². The molecule has 2 aromatic carbocycles. The Hall–Kier alpha value is -1.48. The largest absolute Gasteiger partial charge is 0.285 e. The molecule has 0 spiro atoms. The molecule has 0 atom stereocenters. The highest BCUT2D eigenvalue weighted by Gasteiger charge is 2.30. The van der Waals surface area contributed by atoms with Crippen molar-refractivity contribution in [2.24, 2.45) is 0 Å². The molecule has 0 amide bonds. The van der Waals surface area contributed by atoms with Gasteiger partial charge in [0.25, 0.3) is 0 Å². The van der Waals surface area contributed by atoms with Gasteiger partial charge >= 0.3 is 0 Å². The Bertz CT molecular complexity index is 634. The van der Waals surface area contributed by atoms with Crippen LogP contribution >= 0.6 is 15.9 Å². The fourth-order valence-electron chi connectivity index (χ4n) is 3.21. The molecule has 2 aromatic rings. The van der Waals surface area contributed by atoms with E-state index in [0.717, 1.165) is 23.5 Å². The summed E-state index contributed by atoms with van der Waals surface area (Å²) in [6, 6.07) is 17.6. The summed E-state index contributed by atoms with van der Waals surface area (Å²) in [5.74, 6) is 0.786. The van der Waals surface area contributed by atoms with Gasteiger partial charge in [-0.25, -0.2) is 0 Å². The lowest BCUT2D eigenvalue weighted by molar-refractivity contribution is 0.878. The second kappa shape index (κ2) is 5.38. The fourth-order valence-corrected chi connectivity index (χ4v) is 3.47. The zero-order chi connectivity index (χ0) is 14.2. The van der Waals surface area contributed by atoms with Crippen LogP contribution in [0.2, 0.25) is 0 Å². The fraction of sp³-hybridized carbons (Fsp3) is 0.333. The first-order valence-electron chi connectivity index (χ1n) is 7.72. The van der Waals surface area contributed by atoms with Crippen molar-refractivity contribution in [1.29, 1.82) is 0 Å². The van der Waals surface area contributed by atoms with Crippen molar-refractivity contribution >= 4 is 27.3 Å². The van der Waals surface area contributed by atoms with Crippen LogP contribution in [0.4, 0.5) is 11.4 Å². The zero-order valence-corrected chi connectivity index (χ0v) is 13.6. The quantitative estimate of drug-likeness (QED) is 0.777. The van der Waals surface area contributed by atoms with Crippen LogP contribution in [-0.4, -0.2) is 13.1 Å². The van der Waals surface area contributed by atoms with E-state index in [1.807, 2.05) is 0 Å². The Morgan fingerprint density at radius 1 is 0.857 bits per heavy atom. The van der Waals surface area contributed by atoms with Crippen LogP contribution in [0.3, 0.4) is 0 Å². The summed E-state index contributed by atoms with van der Waals surface area (Å²) in [5.41, 5.74) is 4.21. The maximum Gasteiger partial charge on any atom is 0.0609 e. The average molecular weight is 343 g/mol. The molecular formula is C18H19BrN2. The van der Waals surface area contributed by atoms with E-state index in [4.69, 9.17) is 0 Å². The Morgan fingerprint density at radius 2 is 1.57 bits per heavy atom. The molecule has 2 fully saturated rings. The van der Waals surface area contributed by atoms with Crippen molar-refractivity contribution in [3.05, 3.63) is 58.6 Å². The van der Waals surface area contributed by atoms with Gasteiger partial charge in [0.1, 0.15) is 0 Å². The molecular weight excluding hydrogens is 324 g/mol. The standard InChI is InChI=1S/C18H19BrN2/c19-15-8-10-16(11-9-15)20-12-3-13-21(20)18-5-2-1-4-17(18)14-6-7-14/h1-2,4-5,8-11,14H,3,6-7,12-13H2. The molecule has 108 valence electrons. The normalized spacial score (nSPS) is 18.3. The van der Waals surface area contributed by atoms with Crippen molar-refractivity contribution in [2.45, 2.75) is 25.2 Å². The molecule has 2 aliphatic rings. The van der Waals surface area contributed by atoms with E-state index >= 15 is 0 Å². The van der Waals surface area contributed by atoms with Crippen molar-refractivity contribution in [3.63, 3.8) is 0 Å². The van der Waals surface area contributed by atoms with Crippen LogP contribution in [0, 0.1) is 0 Å². The molecule has 0 N–H and O–H groups in total. The molecule has 0 aromatic heterocycles. The SMILES string of the molecule is Brc1ccc(N2CCCN2c2ccccc2C2CC2)cc1. The lowest BCUT2D eigenvalue weighted by atomic mass is 10.1. The van der Waals surface area contributed by atoms with E-state index in [1.54, 1.807) is 0 Å². The number of anilines is 2. The molecule has 0 bridgehead atoms. The van der Waals surface area contributed by atoms with Crippen LogP contribution in [0.1, 0.15) is 30.7 Å². The summed E-state index contributed by atoms with van der Waals surface area (Å²) in [6.07, 6.45) is 3.92. The average Bonchev–Trinajstić information content (AvgIpc) is 3.25. The van der Waals surface area contributed by atoms with E-state index < -0.39 is 0 Å². The summed E-state index contributed by atoms with van der Waals surface area (Å²) in [6.45, 7) is 2.21. The summed E-state index contributed by atoms with van der Waals surface area (Å²) in [4.78, 5) is 0. The number of halogens is 1. The highest BCUT2D eigenvalue weighted by Crippen LogP contribution is 2.45. The number of hydrazine groups is 1. The maximum absolute atomic E-state index is 3.52. The number of nitrogens with zero attached hydrogens (tertiary/aromatic N) is 2. The minimum atomic E-state index is 0.786. The van der Waals surface area contributed by atoms with Gasteiger partial charge < -0.3 is 0 Å². The topological polar surface area (TPSA) is 6.48 Å². The van der Waals surface area contributed by atoms with Gasteiger partial charge in [0.15, 0.2) is 0 Å². The highest BCUT2D eigenvalue weighted by atomic mass is 79.9. The molecule has 1 aliphatic heterocycles. The van der Waals surface area contributed by atoms with Crippen molar-refractivity contribution in [2.75, 3.05) is 23.1 Å². The van der Waals surface area contributed by atoms with Gasteiger partial charge in [-0.05, 0) is 61.1 Å². The number of hydrogen-bond donors (Lipinski definition) is 0. The zero-order valence-electron chi connectivity index (χ0n) is 12.0. The second-order valence-electron chi connectivity index (χ2n) is 5.91. The monoisotopic (exact) mass is 342 g/mol. The lowest BCUT2D eigenvalue weighted by Gasteiger charge is -2.33. The summed E-state index contributed by atoms with van der Waals surface area (Å²) >= 11 is 3.52. The van der Waals surface area contributed by atoms with Gasteiger partial charge in [0.2, 0.25) is 0 Å². The van der Waals surface area contributed by atoms with E-state index in [2.05, 4.69) is 74.5 Å². The summed E-state index contributed by atoms with van der Waals surface area (Å²) < 4.78 is 1.13. The second-order valence-corrected chi connectivity index (χ2v) is 6.83. The first kappa shape index (κ1) is 13.2. The van der Waals surface area contributed by atoms with Crippen LogP contribution < -0.4 is 10.0 Å². The molecule has 4 rings (SSSR count). The van der Waals surface area contributed by atoms with Gasteiger partial charge in [0, 0.05) is 17.6 Å². The van der Waals surface area contributed by atoms with Gasteiger partial charge in [-0.1, -0.05) is 34.1 Å². The molecule has 2 nitrogen and oxygen atoms in total. The smallest absolute Gasteiger partial charge is 0.0609 e. The van der Waals surface area contributed by atoms with Crippen molar-refractivity contribution in [3.8, 4) is 0 Å². The Balaban J connectivity index is 1.69. The molecule has 1 aliphatic carbocycles.